The molecule has 0 fully saturated rings. The summed E-state index contributed by atoms with van der Waals surface area (Å²) in [5, 5.41) is 0. The Kier molecular flexibility index (Phi) is 4.49. The Morgan fingerprint density at radius 2 is 2.17 bits per heavy atom. The number of ether oxygens (including phenoxy) is 1. The van der Waals surface area contributed by atoms with E-state index in [1.54, 1.807) is 0 Å². The molecule has 0 aromatic heterocycles. The lowest BCUT2D eigenvalue weighted by Gasteiger charge is -2.09. The van der Waals surface area contributed by atoms with Gasteiger partial charge in [0, 0.05) is 0 Å². The maximum atomic E-state index is 12.8. The van der Waals surface area contributed by atoms with Gasteiger partial charge in [-0.25, -0.2) is 12.8 Å². The van der Waals surface area contributed by atoms with Crippen molar-refractivity contribution in [2.75, 3.05) is 23.3 Å². The maximum absolute atomic E-state index is 12.8. The largest absolute Gasteiger partial charge is 0.469 e. The van der Waals surface area contributed by atoms with Gasteiger partial charge in [-0.15, -0.1) is 0 Å². The summed E-state index contributed by atoms with van der Waals surface area (Å²) >= 11 is 0. The zero-order valence-corrected chi connectivity index (χ0v) is 10.5. The molecule has 0 unspecified atom stereocenters. The lowest BCUT2D eigenvalue weighted by atomic mass is 10.3. The maximum Gasteiger partial charge on any atom is 0.306 e. The summed E-state index contributed by atoms with van der Waals surface area (Å²) in [6, 6.07) is 3.28. The Labute approximate surface area is 104 Å². The molecule has 0 aliphatic rings. The molecule has 18 heavy (non-hydrogen) atoms. The van der Waals surface area contributed by atoms with E-state index in [9.17, 15) is 17.6 Å². The van der Waals surface area contributed by atoms with Crippen LogP contribution in [0, 0.1) is 5.82 Å². The standard InChI is InChI=1S/C10H13FN2O4S/c1-17-10(14)4-5-18(15,16)13-9-3-2-7(11)6-8(9)12/h2-3,6,13H,4-5,12H2,1H3. The van der Waals surface area contributed by atoms with Crippen LogP contribution in [0.4, 0.5) is 15.8 Å². The average Bonchev–Trinajstić information content (AvgIpc) is 2.30. The topological polar surface area (TPSA) is 98.5 Å². The molecule has 1 aromatic rings. The lowest BCUT2D eigenvalue weighted by molar-refractivity contribution is -0.140. The van der Waals surface area contributed by atoms with E-state index < -0.39 is 27.6 Å². The molecule has 0 atom stereocenters. The summed E-state index contributed by atoms with van der Waals surface area (Å²) in [4.78, 5) is 10.8. The van der Waals surface area contributed by atoms with Gasteiger partial charge in [-0.1, -0.05) is 0 Å². The molecule has 100 valence electrons. The number of hydrogen-bond acceptors (Lipinski definition) is 5. The van der Waals surface area contributed by atoms with Gasteiger partial charge in [0.1, 0.15) is 5.82 Å². The van der Waals surface area contributed by atoms with E-state index in [1.807, 2.05) is 0 Å². The first-order chi connectivity index (χ1) is 8.34. The number of carbonyl (C=O) groups excluding carboxylic acids is 1. The molecule has 0 heterocycles. The quantitative estimate of drug-likeness (QED) is 0.609. The summed E-state index contributed by atoms with van der Waals surface area (Å²) in [6.45, 7) is 0. The third-order valence-electron chi connectivity index (χ3n) is 2.08. The normalized spacial score (nSPS) is 11.0. The monoisotopic (exact) mass is 276 g/mol. The van der Waals surface area contributed by atoms with Gasteiger partial charge in [0.05, 0.1) is 30.7 Å². The number of hydrogen-bond donors (Lipinski definition) is 2. The molecule has 1 aromatic carbocycles. The average molecular weight is 276 g/mol. The molecule has 0 saturated carbocycles. The van der Waals surface area contributed by atoms with Gasteiger partial charge in [0.25, 0.3) is 0 Å². The molecule has 3 N–H and O–H groups in total. The van der Waals surface area contributed by atoms with Gasteiger partial charge in [0.2, 0.25) is 10.0 Å². The minimum Gasteiger partial charge on any atom is -0.469 e. The Bertz CT molecular complexity index is 545. The minimum absolute atomic E-state index is 0.0309. The van der Waals surface area contributed by atoms with Crippen molar-refractivity contribution in [1.29, 1.82) is 0 Å². The van der Waals surface area contributed by atoms with Gasteiger partial charge in [-0.2, -0.15) is 0 Å². The fraction of sp³-hybridized carbons (Fsp3) is 0.300. The number of carbonyl (C=O) groups is 1. The highest BCUT2D eigenvalue weighted by Gasteiger charge is 2.15. The predicted molar refractivity (Wildman–Crippen MR) is 64.9 cm³/mol. The van der Waals surface area contributed by atoms with Crippen molar-refractivity contribution >= 4 is 27.4 Å². The molecule has 1 rings (SSSR count). The second-order valence-corrected chi connectivity index (χ2v) is 5.32. The Morgan fingerprint density at radius 3 is 2.72 bits per heavy atom. The first-order valence-electron chi connectivity index (χ1n) is 4.96. The van der Waals surface area contributed by atoms with Crippen LogP contribution in [0.1, 0.15) is 6.42 Å². The fourth-order valence-corrected chi connectivity index (χ4v) is 2.22. The van der Waals surface area contributed by atoms with Crippen molar-refractivity contribution in [2.24, 2.45) is 0 Å². The summed E-state index contributed by atoms with van der Waals surface area (Å²) in [5.41, 5.74) is 5.49. The van der Waals surface area contributed by atoms with E-state index in [2.05, 4.69) is 9.46 Å². The highest BCUT2D eigenvalue weighted by Crippen LogP contribution is 2.20. The SMILES string of the molecule is COC(=O)CCS(=O)(=O)Nc1ccc(F)cc1N. The molecule has 0 saturated heterocycles. The van der Waals surface area contributed by atoms with Crippen LogP contribution in [0.3, 0.4) is 0 Å². The number of rotatable bonds is 5. The van der Waals surface area contributed by atoms with Crippen LogP contribution < -0.4 is 10.5 Å². The molecule has 0 bridgehead atoms. The molecular weight excluding hydrogens is 263 g/mol. The van der Waals surface area contributed by atoms with Crippen LogP contribution in [0.15, 0.2) is 18.2 Å². The van der Waals surface area contributed by atoms with E-state index in [0.29, 0.717) is 0 Å². The number of halogens is 1. The van der Waals surface area contributed by atoms with Crippen molar-refractivity contribution in [3.8, 4) is 0 Å². The van der Waals surface area contributed by atoms with E-state index in [-0.39, 0.29) is 17.8 Å². The highest BCUT2D eigenvalue weighted by atomic mass is 32.2. The summed E-state index contributed by atoms with van der Waals surface area (Å²) in [7, 11) is -2.56. The van der Waals surface area contributed by atoms with Crippen molar-refractivity contribution in [3.05, 3.63) is 24.0 Å². The highest BCUT2D eigenvalue weighted by molar-refractivity contribution is 7.92. The van der Waals surface area contributed by atoms with Crippen LogP contribution >= 0.6 is 0 Å². The van der Waals surface area contributed by atoms with Crippen LogP contribution in [-0.4, -0.2) is 27.2 Å². The number of nitrogens with one attached hydrogen (secondary N) is 1. The van der Waals surface area contributed by atoms with E-state index in [1.165, 1.54) is 13.2 Å². The Balaban J connectivity index is 2.73. The van der Waals surface area contributed by atoms with Gasteiger partial charge in [-0.3, -0.25) is 9.52 Å². The minimum atomic E-state index is -3.73. The van der Waals surface area contributed by atoms with Gasteiger partial charge >= 0.3 is 5.97 Å². The smallest absolute Gasteiger partial charge is 0.306 e. The van der Waals surface area contributed by atoms with Crippen molar-refractivity contribution in [2.45, 2.75) is 6.42 Å². The molecular formula is C10H13FN2O4S. The summed E-state index contributed by atoms with van der Waals surface area (Å²) < 4.78 is 42.4. The van der Waals surface area contributed by atoms with E-state index in [4.69, 9.17) is 5.73 Å². The van der Waals surface area contributed by atoms with E-state index >= 15 is 0 Å². The van der Waals surface area contributed by atoms with Crippen molar-refractivity contribution < 1.29 is 22.3 Å². The second kappa shape index (κ2) is 5.67. The molecule has 0 aliphatic heterocycles. The summed E-state index contributed by atoms with van der Waals surface area (Å²) in [5.74, 6) is -1.63. The number of nitrogen functional groups attached to an aromatic ring is 1. The van der Waals surface area contributed by atoms with Crippen LogP contribution in [0.25, 0.3) is 0 Å². The number of nitrogens with two attached hydrogens (primary N) is 1. The van der Waals surface area contributed by atoms with Crippen LogP contribution in [0.2, 0.25) is 0 Å². The van der Waals surface area contributed by atoms with Crippen molar-refractivity contribution in [1.82, 2.24) is 0 Å². The number of anilines is 2. The molecule has 0 aliphatic carbocycles. The molecule has 0 spiro atoms. The van der Waals surface area contributed by atoms with Gasteiger partial charge in [-0.05, 0) is 18.2 Å². The van der Waals surface area contributed by atoms with Crippen molar-refractivity contribution in [3.63, 3.8) is 0 Å². The first-order valence-corrected chi connectivity index (χ1v) is 6.61. The zero-order chi connectivity index (χ0) is 13.8. The summed E-state index contributed by atoms with van der Waals surface area (Å²) in [6.07, 6.45) is -0.271. The zero-order valence-electron chi connectivity index (χ0n) is 9.64. The van der Waals surface area contributed by atoms with Crippen LogP contribution in [0.5, 0.6) is 0 Å². The van der Waals surface area contributed by atoms with Crippen LogP contribution in [-0.2, 0) is 19.6 Å². The Hall–Kier alpha value is -1.83. The lowest BCUT2D eigenvalue weighted by Crippen LogP contribution is -2.20. The number of esters is 1. The number of methoxy groups -OCH3 is 1. The number of benzene rings is 1. The van der Waals surface area contributed by atoms with Gasteiger partial charge in [0.15, 0.2) is 0 Å². The predicted octanol–water partition coefficient (Wildman–Crippen LogP) is 0.713. The second-order valence-electron chi connectivity index (χ2n) is 3.48. The Morgan fingerprint density at radius 1 is 1.50 bits per heavy atom. The molecule has 0 radical (unpaired) electrons. The molecule has 8 heteroatoms. The van der Waals surface area contributed by atoms with Gasteiger partial charge < -0.3 is 10.5 Å². The van der Waals surface area contributed by atoms with E-state index in [0.717, 1.165) is 12.1 Å². The molecule has 6 nitrogen and oxygen atoms in total. The first kappa shape index (κ1) is 14.2. The third kappa shape index (κ3) is 4.21. The third-order valence-corrected chi connectivity index (χ3v) is 3.35. The molecule has 0 amide bonds. The fourth-order valence-electron chi connectivity index (χ4n) is 1.16. The number of sulfonamides is 1.